The van der Waals surface area contributed by atoms with Gasteiger partial charge in [-0.2, -0.15) is 0 Å². The van der Waals surface area contributed by atoms with Gasteiger partial charge in [0, 0.05) is 6.54 Å². The summed E-state index contributed by atoms with van der Waals surface area (Å²) in [6.45, 7) is 3.39. The van der Waals surface area contributed by atoms with Crippen molar-refractivity contribution in [3.05, 3.63) is 83.4 Å². The molecule has 1 aliphatic rings. The number of benzene rings is 3. The van der Waals surface area contributed by atoms with E-state index in [0.717, 1.165) is 26.8 Å². The van der Waals surface area contributed by atoms with E-state index in [9.17, 15) is 19.5 Å². The second-order valence-corrected chi connectivity index (χ2v) is 8.18. The minimum Gasteiger partial charge on any atom is -0.480 e. The summed E-state index contributed by atoms with van der Waals surface area (Å²) in [4.78, 5) is 45.3. The zero-order chi connectivity index (χ0) is 24.3. The Labute approximate surface area is 197 Å². The third-order valence-electron chi connectivity index (χ3n) is 5.99. The van der Waals surface area contributed by atoms with Gasteiger partial charge < -0.3 is 14.8 Å². The lowest BCUT2D eigenvalue weighted by Gasteiger charge is -2.32. The number of hydrogen-bond acceptors (Lipinski definition) is 5. The highest BCUT2D eigenvalue weighted by atomic mass is 16.6. The van der Waals surface area contributed by atoms with Crippen molar-refractivity contribution in [1.82, 2.24) is 9.80 Å². The van der Waals surface area contributed by atoms with Gasteiger partial charge >= 0.3 is 12.0 Å². The van der Waals surface area contributed by atoms with Crippen LogP contribution in [0.3, 0.4) is 0 Å². The third kappa shape index (κ3) is 4.22. The van der Waals surface area contributed by atoms with E-state index in [0.29, 0.717) is 12.2 Å². The number of nitrogens with zero attached hydrogens (tertiary/aromatic N) is 3. The molecule has 0 aliphatic carbocycles. The molecule has 1 atom stereocenters. The van der Waals surface area contributed by atoms with Gasteiger partial charge in [-0.05, 0) is 47.4 Å². The number of rotatable bonds is 8. The van der Waals surface area contributed by atoms with Crippen LogP contribution in [0.15, 0.2) is 71.9 Å². The summed E-state index contributed by atoms with van der Waals surface area (Å²) in [7, 11) is 0. The van der Waals surface area contributed by atoms with E-state index < -0.39 is 30.0 Å². The van der Waals surface area contributed by atoms with Crippen LogP contribution in [-0.4, -0.2) is 52.2 Å². The lowest BCUT2D eigenvalue weighted by molar-refractivity contribution is -0.143. The number of amides is 3. The van der Waals surface area contributed by atoms with E-state index in [-0.39, 0.29) is 6.54 Å². The Morgan fingerprint density at radius 2 is 1.76 bits per heavy atom. The molecule has 1 aliphatic heterocycles. The first kappa shape index (κ1) is 23.0. The second kappa shape index (κ2) is 9.35. The number of hydrogen-bond donors (Lipinski definition) is 1. The fourth-order valence-electron chi connectivity index (χ4n) is 4.17. The number of fused-ring (bicyclic) bond motifs is 1. The van der Waals surface area contributed by atoms with Crippen LogP contribution in [0.25, 0.3) is 10.8 Å². The Kier molecular flexibility index (Phi) is 6.32. The quantitative estimate of drug-likeness (QED) is 0.312. The molecule has 1 heterocycles. The van der Waals surface area contributed by atoms with E-state index >= 15 is 0 Å². The minimum atomic E-state index is -1.37. The second-order valence-electron chi connectivity index (χ2n) is 8.18. The van der Waals surface area contributed by atoms with Crippen LogP contribution in [0.1, 0.15) is 30.5 Å². The highest BCUT2D eigenvalue weighted by Gasteiger charge is 2.55. The van der Waals surface area contributed by atoms with Crippen LogP contribution in [0.2, 0.25) is 0 Å². The summed E-state index contributed by atoms with van der Waals surface area (Å²) in [6.07, 6.45) is 1.56. The molecule has 4 rings (SSSR count). The molecule has 34 heavy (non-hydrogen) atoms. The van der Waals surface area contributed by atoms with Gasteiger partial charge in [-0.3, -0.25) is 14.5 Å². The number of aliphatic carboxylic acids is 1. The zero-order valence-electron chi connectivity index (χ0n) is 19.0. The first-order valence-electron chi connectivity index (χ1n) is 10.9. The summed E-state index contributed by atoms with van der Waals surface area (Å²) in [5, 5.41) is 15.2. The standard InChI is InChI=1S/C26H25N3O5/c1-3-34-27-15-18-9-12-22(13-10-18)26(2)24(32)28(17-23(30)31)25(33)29(26)16-19-8-11-20-6-4-5-7-21(20)14-19/h4-15H,3,16-17H2,1-2H3,(H,30,31)/b27-15+. The van der Waals surface area contributed by atoms with Crippen LogP contribution in [0.5, 0.6) is 0 Å². The molecular weight excluding hydrogens is 434 g/mol. The van der Waals surface area contributed by atoms with Crippen molar-refractivity contribution in [2.75, 3.05) is 13.2 Å². The van der Waals surface area contributed by atoms with E-state index in [4.69, 9.17) is 4.84 Å². The third-order valence-corrected chi connectivity index (χ3v) is 5.99. The molecule has 3 aromatic rings. The summed E-state index contributed by atoms with van der Waals surface area (Å²) >= 11 is 0. The van der Waals surface area contributed by atoms with Crippen molar-refractivity contribution in [3.63, 3.8) is 0 Å². The molecule has 1 saturated heterocycles. The van der Waals surface area contributed by atoms with Gasteiger partial charge in [-0.15, -0.1) is 0 Å². The monoisotopic (exact) mass is 459 g/mol. The molecule has 1 unspecified atom stereocenters. The molecule has 0 spiro atoms. The molecule has 0 radical (unpaired) electrons. The van der Waals surface area contributed by atoms with Crippen LogP contribution in [-0.2, 0) is 26.5 Å². The summed E-state index contributed by atoms with van der Waals surface area (Å²) in [6, 6.07) is 20.1. The fraction of sp³-hybridized carbons (Fsp3) is 0.231. The van der Waals surface area contributed by atoms with Crippen molar-refractivity contribution in [1.29, 1.82) is 0 Å². The fourth-order valence-corrected chi connectivity index (χ4v) is 4.17. The molecule has 8 nitrogen and oxygen atoms in total. The van der Waals surface area contributed by atoms with Gasteiger partial charge in [0.15, 0.2) is 0 Å². The molecule has 1 N–H and O–H groups in total. The number of urea groups is 1. The number of carboxylic acids is 1. The Hall–Kier alpha value is -4.20. The highest BCUT2D eigenvalue weighted by Crippen LogP contribution is 2.38. The maximum absolute atomic E-state index is 13.4. The van der Waals surface area contributed by atoms with Crippen molar-refractivity contribution in [2.24, 2.45) is 5.16 Å². The van der Waals surface area contributed by atoms with Gasteiger partial charge in [0.05, 0.1) is 6.21 Å². The Balaban J connectivity index is 1.72. The topological polar surface area (TPSA) is 99.5 Å². The highest BCUT2D eigenvalue weighted by molar-refractivity contribution is 6.08. The molecule has 0 bridgehead atoms. The Morgan fingerprint density at radius 3 is 2.44 bits per heavy atom. The number of carbonyl (C=O) groups excluding carboxylic acids is 2. The number of imide groups is 1. The van der Waals surface area contributed by atoms with Gasteiger partial charge in [-0.25, -0.2) is 4.79 Å². The molecule has 1 fully saturated rings. The average Bonchev–Trinajstić information content (AvgIpc) is 3.01. The van der Waals surface area contributed by atoms with Crippen LogP contribution < -0.4 is 0 Å². The van der Waals surface area contributed by atoms with Gasteiger partial charge in [-0.1, -0.05) is 65.8 Å². The van der Waals surface area contributed by atoms with Crippen LogP contribution in [0, 0.1) is 0 Å². The van der Waals surface area contributed by atoms with Gasteiger partial charge in [0.25, 0.3) is 5.91 Å². The number of carbonyl (C=O) groups is 3. The Morgan fingerprint density at radius 1 is 1.06 bits per heavy atom. The van der Waals surface area contributed by atoms with Crippen molar-refractivity contribution in [2.45, 2.75) is 25.9 Å². The lowest BCUT2D eigenvalue weighted by atomic mass is 9.89. The number of oxime groups is 1. The molecule has 0 saturated carbocycles. The number of carboxylic acid groups (broad SMARTS) is 1. The van der Waals surface area contributed by atoms with Crippen molar-refractivity contribution in [3.8, 4) is 0 Å². The van der Waals surface area contributed by atoms with E-state index in [1.54, 1.807) is 37.4 Å². The smallest absolute Gasteiger partial charge is 0.328 e. The summed E-state index contributed by atoms with van der Waals surface area (Å²) < 4.78 is 0. The predicted molar refractivity (Wildman–Crippen MR) is 127 cm³/mol. The maximum atomic E-state index is 13.4. The van der Waals surface area contributed by atoms with E-state index in [2.05, 4.69) is 5.16 Å². The summed E-state index contributed by atoms with van der Waals surface area (Å²) in [5.74, 6) is -1.82. The van der Waals surface area contributed by atoms with Crippen molar-refractivity contribution >= 4 is 34.9 Å². The lowest BCUT2D eigenvalue weighted by Crippen LogP contribution is -2.44. The first-order valence-corrected chi connectivity index (χ1v) is 10.9. The van der Waals surface area contributed by atoms with Crippen LogP contribution >= 0.6 is 0 Å². The molecule has 174 valence electrons. The molecular formula is C26H25N3O5. The largest absolute Gasteiger partial charge is 0.480 e. The van der Waals surface area contributed by atoms with Crippen LogP contribution in [0.4, 0.5) is 4.79 Å². The van der Waals surface area contributed by atoms with E-state index in [1.165, 1.54) is 4.90 Å². The summed E-state index contributed by atoms with van der Waals surface area (Å²) in [5.41, 5.74) is 0.811. The molecule has 8 heteroatoms. The molecule has 3 amide bonds. The average molecular weight is 460 g/mol. The predicted octanol–water partition coefficient (Wildman–Crippen LogP) is 3.97. The molecule has 0 aromatic heterocycles. The van der Waals surface area contributed by atoms with Crippen molar-refractivity contribution < 1.29 is 24.3 Å². The maximum Gasteiger partial charge on any atom is 0.328 e. The van der Waals surface area contributed by atoms with E-state index in [1.807, 2.05) is 49.4 Å². The first-order chi connectivity index (χ1) is 16.3. The molecule has 3 aromatic carbocycles. The minimum absolute atomic E-state index is 0.148. The zero-order valence-corrected chi connectivity index (χ0v) is 19.0. The van der Waals surface area contributed by atoms with Gasteiger partial charge in [0.1, 0.15) is 18.7 Å². The Bertz CT molecular complexity index is 1270. The normalized spacial score (nSPS) is 18.3. The SMILES string of the molecule is CCO/N=C/c1ccc(C2(C)C(=O)N(CC(=O)O)C(=O)N2Cc2ccc3ccccc3c2)cc1. The van der Waals surface area contributed by atoms with Gasteiger partial charge in [0.2, 0.25) is 0 Å².